The minimum absolute atomic E-state index is 0.00123. The number of hydrogen-bond donors (Lipinski definition) is 1. The van der Waals surface area contributed by atoms with Gasteiger partial charge >= 0.3 is 0 Å². The van der Waals surface area contributed by atoms with Crippen LogP contribution < -0.4 is 14.8 Å². The fraction of sp³-hybridized carbons (Fsp3) is 0.214. The number of nitriles is 1. The van der Waals surface area contributed by atoms with E-state index in [0.717, 1.165) is 15.6 Å². The SMILES string of the molecule is CCc1ccc(NC(=O)/C(C#N)=C/c2cc(I)c(OCc3cc(C)cc(C)c3)c(OC)c2)cc1. The highest BCUT2D eigenvalue weighted by molar-refractivity contribution is 14.1. The number of carbonyl (C=O) groups excluding carboxylic acids is 1. The molecule has 0 aliphatic heterocycles. The number of benzene rings is 3. The van der Waals surface area contributed by atoms with Gasteiger partial charge in [-0.25, -0.2) is 0 Å². The zero-order valence-corrected chi connectivity index (χ0v) is 21.9. The first-order valence-corrected chi connectivity index (χ1v) is 12.0. The van der Waals surface area contributed by atoms with Crippen LogP contribution >= 0.6 is 22.6 Å². The fourth-order valence-electron chi connectivity index (χ4n) is 3.61. The molecule has 0 unspecified atom stereocenters. The topological polar surface area (TPSA) is 71.4 Å². The molecule has 0 saturated carbocycles. The number of anilines is 1. The summed E-state index contributed by atoms with van der Waals surface area (Å²) in [7, 11) is 1.57. The molecule has 1 N–H and O–H groups in total. The lowest BCUT2D eigenvalue weighted by atomic mass is 10.1. The number of nitrogens with one attached hydrogen (secondary N) is 1. The molecule has 0 saturated heterocycles. The first kappa shape index (κ1) is 25.3. The maximum Gasteiger partial charge on any atom is 0.266 e. The summed E-state index contributed by atoms with van der Waals surface area (Å²) < 4.78 is 12.5. The van der Waals surface area contributed by atoms with Crippen LogP contribution in [-0.2, 0) is 17.8 Å². The summed E-state index contributed by atoms with van der Waals surface area (Å²) in [6.07, 6.45) is 2.47. The van der Waals surface area contributed by atoms with Crippen LogP contribution in [0.2, 0.25) is 0 Å². The van der Waals surface area contributed by atoms with E-state index in [1.54, 1.807) is 19.3 Å². The third-order valence-electron chi connectivity index (χ3n) is 5.21. The van der Waals surface area contributed by atoms with Crippen molar-refractivity contribution in [3.8, 4) is 17.6 Å². The van der Waals surface area contributed by atoms with Crippen molar-refractivity contribution in [3.63, 3.8) is 0 Å². The van der Waals surface area contributed by atoms with Crippen LogP contribution in [0.3, 0.4) is 0 Å². The van der Waals surface area contributed by atoms with E-state index in [9.17, 15) is 10.1 Å². The van der Waals surface area contributed by atoms with Crippen molar-refractivity contribution in [3.05, 3.63) is 91.6 Å². The van der Waals surface area contributed by atoms with E-state index in [-0.39, 0.29) is 5.57 Å². The van der Waals surface area contributed by atoms with Crippen molar-refractivity contribution in [2.75, 3.05) is 12.4 Å². The maximum absolute atomic E-state index is 12.7. The van der Waals surface area contributed by atoms with E-state index in [0.29, 0.717) is 29.4 Å². The summed E-state index contributed by atoms with van der Waals surface area (Å²) in [4.78, 5) is 12.7. The molecule has 0 aliphatic rings. The summed E-state index contributed by atoms with van der Waals surface area (Å²) in [6.45, 7) is 6.60. The smallest absolute Gasteiger partial charge is 0.266 e. The molecule has 1 amide bonds. The normalized spacial score (nSPS) is 11.0. The van der Waals surface area contributed by atoms with Crippen molar-refractivity contribution in [2.45, 2.75) is 33.8 Å². The highest BCUT2D eigenvalue weighted by Crippen LogP contribution is 2.35. The van der Waals surface area contributed by atoms with Gasteiger partial charge in [-0.3, -0.25) is 4.79 Å². The summed E-state index contributed by atoms with van der Waals surface area (Å²) in [5.41, 5.74) is 5.94. The highest BCUT2D eigenvalue weighted by atomic mass is 127. The number of halogens is 1. The Hall–Kier alpha value is -3.31. The van der Waals surface area contributed by atoms with E-state index >= 15 is 0 Å². The van der Waals surface area contributed by atoms with Crippen molar-refractivity contribution >= 4 is 40.3 Å². The van der Waals surface area contributed by atoms with Crippen molar-refractivity contribution in [2.24, 2.45) is 0 Å². The molecule has 0 heterocycles. The van der Waals surface area contributed by atoms with Crippen LogP contribution in [0.1, 0.15) is 34.7 Å². The summed E-state index contributed by atoms with van der Waals surface area (Å²) in [5, 5.41) is 12.4. The van der Waals surface area contributed by atoms with E-state index in [1.807, 2.05) is 36.4 Å². The average Bonchev–Trinajstić information content (AvgIpc) is 2.81. The molecule has 3 aromatic rings. The third kappa shape index (κ3) is 6.61. The van der Waals surface area contributed by atoms with Crippen molar-refractivity contribution in [1.82, 2.24) is 0 Å². The minimum atomic E-state index is -0.462. The van der Waals surface area contributed by atoms with Gasteiger partial charge in [-0.2, -0.15) is 5.26 Å². The van der Waals surface area contributed by atoms with Crippen LogP contribution in [0.15, 0.2) is 60.2 Å². The van der Waals surface area contributed by atoms with Gasteiger partial charge in [0.2, 0.25) is 0 Å². The molecule has 34 heavy (non-hydrogen) atoms. The molecule has 0 aliphatic carbocycles. The third-order valence-corrected chi connectivity index (χ3v) is 6.01. The second-order valence-corrected chi connectivity index (χ2v) is 9.16. The predicted octanol–water partition coefficient (Wildman–Crippen LogP) is 6.60. The Kier molecular flexibility index (Phi) is 8.72. The Bertz CT molecular complexity index is 1240. The summed E-state index contributed by atoms with van der Waals surface area (Å²) >= 11 is 2.17. The number of amides is 1. The second kappa shape index (κ2) is 11.7. The number of rotatable bonds is 8. The van der Waals surface area contributed by atoms with E-state index < -0.39 is 5.91 Å². The number of nitrogens with zero attached hydrogens (tertiary/aromatic N) is 1. The lowest BCUT2D eigenvalue weighted by Gasteiger charge is -2.14. The van der Waals surface area contributed by atoms with Crippen LogP contribution in [0.25, 0.3) is 6.08 Å². The van der Waals surface area contributed by atoms with E-state index in [4.69, 9.17) is 9.47 Å². The molecule has 0 atom stereocenters. The first-order chi connectivity index (χ1) is 16.3. The second-order valence-electron chi connectivity index (χ2n) is 7.99. The largest absolute Gasteiger partial charge is 0.493 e. The number of hydrogen-bond acceptors (Lipinski definition) is 4. The molecule has 0 bridgehead atoms. The van der Waals surface area contributed by atoms with Crippen molar-refractivity contribution < 1.29 is 14.3 Å². The van der Waals surface area contributed by atoms with E-state index in [2.05, 4.69) is 66.9 Å². The van der Waals surface area contributed by atoms with E-state index in [1.165, 1.54) is 16.7 Å². The van der Waals surface area contributed by atoms with Gasteiger partial charge < -0.3 is 14.8 Å². The number of aryl methyl sites for hydroxylation is 3. The van der Waals surface area contributed by atoms with Crippen molar-refractivity contribution in [1.29, 1.82) is 5.26 Å². The van der Waals surface area contributed by atoms with Gasteiger partial charge in [-0.05, 0) is 89.9 Å². The predicted molar refractivity (Wildman–Crippen MR) is 144 cm³/mol. The highest BCUT2D eigenvalue weighted by Gasteiger charge is 2.14. The molecule has 3 aromatic carbocycles. The lowest BCUT2D eigenvalue weighted by Crippen LogP contribution is -2.13. The molecule has 0 aromatic heterocycles. The standard InChI is InChI=1S/C28H27IN2O3/c1-5-20-6-8-24(9-7-20)31-28(32)23(16-30)13-21-14-25(29)27(26(15-21)33-4)34-17-22-11-18(2)10-19(3)12-22/h6-15H,5,17H2,1-4H3,(H,31,32)/b23-13+. The Morgan fingerprint density at radius 1 is 1.06 bits per heavy atom. The molecular formula is C28H27IN2O3. The molecule has 3 rings (SSSR count). The average molecular weight is 566 g/mol. The Labute approximate surface area is 214 Å². The fourth-order valence-corrected chi connectivity index (χ4v) is 4.39. The molecule has 5 nitrogen and oxygen atoms in total. The lowest BCUT2D eigenvalue weighted by molar-refractivity contribution is -0.112. The van der Waals surface area contributed by atoms with Gasteiger partial charge in [0.15, 0.2) is 11.5 Å². The zero-order valence-electron chi connectivity index (χ0n) is 19.7. The molecule has 0 spiro atoms. The van der Waals surface area contributed by atoms with Gasteiger partial charge in [0, 0.05) is 5.69 Å². The minimum Gasteiger partial charge on any atom is -0.493 e. The van der Waals surface area contributed by atoms with Crippen LogP contribution in [-0.4, -0.2) is 13.0 Å². The van der Waals surface area contributed by atoms with Crippen LogP contribution in [0.5, 0.6) is 11.5 Å². The number of carbonyl (C=O) groups is 1. The van der Waals surface area contributed by atoms with Gasteiger partial charge in [0.1, 0.15) is 18.2 Å². The maximum atomic E-state index is 12.7. The van der Waals surface area contributed by atoms with Gasteiger partial charge in [0.25, 0.3) is 5.91 Å². The summed E-state index contributed by atoms with van der Waals surface area (Å²) in [6, 6.07) is 19.5. The van der Waals surface area contributed by atoms with Gasteiger partial charge in [-0.1, -0.05) is 48.4 Å². The van der Waals surface area contributed by atoms with Crippen LogP contribution in [0, 0.1) is 28.7 Å². The van der Waals surface area contributed by atoms with Gasteiger partial charge in [0.05, 0.1) is 10.7 Å². The molecule has 0 radical (unpaired) electrons. The number of ether oxygens (including phenoxy) is 2. The molecule has 174 valence electrons. The quantitative estimate of drug-likeness (QED) is 0.189. The Balaban J connectivity index is 1.80. The zero-order chi connectivity index (χ0) is 24.7. The Morgan fingerprint density at radius 3 is 2.32 bits per heavy atom. The van der Waals surface area contributed by atoms with Gasteiger partial charge in [-0.15, -0.1) is 0 Å². The molecular weight excluding hydrogens is 539 g/mol. The molecule has 6 heteroatoms. The Morgan fingerprint density at radius 2 is 1.74 bits per heavy atom. The van der Waals surface area contributed by atoms with Crippen LogP contribution in [0.4, 0.5) is 5.69 Å². The first-order valence-electron chi connectivity index (χ1n) is 10.9. The monoisotopic (exact) mass is 566 g/mol. The number of methoxy groups -OCH3 is 1. The summed E-state index contributed by atoms with van der Waals surface area (Å²) in [5.74, 6) is 0.699. The molecule has 0 fully saturated rings.